The molecule has 1 saturated carbocycles. The van der Waals surface area contributed by atoms with E-state index in [1.165, 1.54) is 7.11 Å². The van der Waals surface area contributed by atoms with Crippen molar-refractivity contribution in [3.63, 3.8) is 0 Å². The molecule has 0 amide bonds. The number of hydrogen-bond donors (Lipinski definition) is 2. The zero-order valence-corrected chi connectivity index (χ0v) is 8.82. The first kappa shape index (κ1) is 11.5. The first-order chi connectivity index (χ1) is 6.63. The first-order valence-electron chi connectivity index (χ1n) is 5.15. The first-order valence-corrected chi connectivity index (χ1v) is 5.15. The Morgan fingerprint density at radius 3 is 2.86 bits per heavy atom. The fourth-order valence-electron chi connectivity index (χ4n) is 1.91. The second-order valence-corrected chi connectivity index (χ2v) is 3.93. The molecular formula is C10H19NO3. The predicted octanol–water partition coefficient (Wildman–Crippen LogP) is 0.441. The molecule has 82 valence electrons. The lowest BCUT2D eigenvalue weighted by molar-refractivity contribution is -0.143. The number of rotatable bonds is 3. The molecule has 1 aliphatic rings. The lowest BCUT2D eigenvalue weighted by Crippen LogP contribution is -2.44. The van der Waals surface area contributed by atoms with E-state index in [0.717, 1.165) is 25.7 Å². The minimum atomic E-state index is -0.282. The predicted molar refractivity (Wildman–Crippen MR) is 52.9 cm³/mol. The van der Waals surface area contributed by atoms with Gasteiger partial charge in [-0.15, -0.1) is 0 Å². The van der Waals surface area contributed by atoms with Crippen molar-refractivity contribution in [2.75, 3.05) is 7.11 Å². The van der Waals surface area contributed by atoms with Crippen LogP contribution >= 0.6 is 0 Å². The fourth-order valence-corrected chi connectivity index (χ4v) is 1.91. The summed E-state index contributed by atoms with van der Waals surface area (Å²) in [5.74, 6) is -0.245. The normalized spacial score (nSPS) is 29.6. The fraction of sp³-hybridized carbons (Fsp3) is 0.900. The Hall–Kier alpha value is -0.610. The maximum atomic E-state index is 11.1. The molecule has 0 radical (unpaired) electrons. The molecule has 4 heteroatoms. The highest BCUT2D eigenvalue weighted by Gasteiger charge is 2.23. The molecule has 0 aromatic heterocycles. The third-order valence-electron chi connectivity index (χ3n) is 2.69. The molecule has 0 bridgehead atoms. The average molecular weight is 201 g/mol. The summed E-state index contributed by atoms with van der Waals surface area (Å²) in [6.07, 6.45) is 3.45. The molecule has 4 nitrogen and oxygen atoms in total. The molecule has 0 saturated heterocycles. The van der Waals surface area contributed by atoms with Crippen LogP contribution in [0.5, 0.6) is 0 Å². The van der Waals surface area contributed by atoms with E-state index in [-0.39, 0.29) is 24.2 Å². The summed E-state index contributed by atoms with van der Waals surface area (Å²) in [4.78, 5) is 11.1. The van der Waals surface area contributed by atoms with Crippen LogP contribution in [0.1, 0.15) is 32.6 Å². The van der Waals surface area contributed by atoms with Crippen molar-refractivity contribution in [3.8, 4) is 0 Å². The van der Waals surface area contributed by atoms with Crippen molar-refractivity contribution < 1.29 is 14.6 Å². The standard InChI is InChI=1S/C10H19NO3/c1-7(10(13)14-2)11-8-4-3-5-9(12)6-8/h7-9,11-12H,3-6H2,1-2H3. The topological polar surface area (TPSA) is 58.6 Å². The second-order valence-electron chi connectivity index (χ2n) is 3.93. The summed E-state index contributed by atoms with van der Waals surface area (Å²) in [5, 5.41) is 12.6. The molecule has 2 N–H and O–H groups in total. The van der Waals surface area contributed by atoms with Gasteiger partial charge in [-0.1, -0.05) is 0 Å². The van der Waals surface area contributed by atoms with Gasteiger partial charge in [0.1, 0.15) is 6.04 Å². The van der Waals surface area contributed by atoms with Gasteiger partial charge in [0.25, 0.3) is 0 Å². The number of carbonyl (C=O) groups excluding carboxylic acids is 1. The lowest BCUT2D eigenvalue weighted by Gasteiger charge is -2.28. The quantitative estimate of drug-likeness (QED) is 0.651. The Bertz CT molecular complexity index is 196. The number of hydrogen-bond acceptors (Lipinski definition) is 4. The molecule has 3 unspecified atom stereocenters. The number of nitrogens with one attached hydrogen (secondary N) is 1. The number of aliphatic hydroxyl groups is 1. The van der Waals surface area contributed by atoms with Crippen LogP contribution in [0, 0.1) is 0 Å². The number of aliphatic hydroxyl groups excluding tert-OH is 1. The third kappa shape index (κ3) is 3.27. The van der Waals surface area contributed by atoms with Crippen LogP contribution in [-0.4, -0.2) is 36.4 Å². The van der Waals surface area contributed by atoms with Crippen molar-refractivity contribution in [2.24, 2.45) is 0 Å². The summed E-state index contributed by atoms with van der Waals surface area (Å²) >= 11 is 0. The van der Waals surface area contributed by atoms with Crippen LogP contribution in [0.2, 0.25) is 0 Å². The Labute approximate surface area is 84.6 Å². The lowest BCUT2D eigenvalue weighted by atomic mass is 9.92. The van der Waals surface area contributed by atoms with Crippen LogP contribution in [0.4, 0.5) is 0 Å². The molecule has 0 heterocycles. The van der Waals surface area contributed by atoms with Crippen molar-refractivity contribution >= 4 is 5.97 Å². The second kappa shape index (κ2) is 5.32. The Kier molecular flexibility index (Phi) is 4.35. The number of esters is 1. The zero-order chi connectivity index (χ0) is 10.6. The number of methoxy groups -OCH3 is 1. The molecule has 0 aromatic carbocycles. The molecule has 3 atom stereocenters. The average Bonchev–Trinajstić information content (AvgIpc) is 2.16. The van der Waals surface area contributed by atoms with Crippen LogP contribution in [0.15, 0.2) is 0 Å². The summed E-state index contributed by atoms with van der Waals surface area (Å²) in [6, 6.07) is -0.0388. The van der Waals surface area contributed by atoms with E-state index in [1.807, 2.05) is 0 Å². The van der Waals surface area contributed by atoms with Gasteiger partial charge in [0.05, 0.1) is 13.2 Å². The van der Waals surface area contributed by atoms with E-state index in [2.05, 4.69) is 10.1 Å². The summed E-state index contributed by atoms with van der Waals surface area (Å²) in [5.41, 5.74) is 0. The van der Waals surface area contributed by atoms with E-state index in [1.54, 1.807) is 6.92 Å². The molecule has 14 heavy (non-hydrogen) atoms. The monoisotopic (exact) mass is 201 g/mol. The molecule has 1 fully saturated rings. The van der Waals surface area contributed by atoms with Gasteiger partial charge in [0.15, 0.2) is 0 Å². The highest BCUT2D eigenvalue weighted by atomic mass is 16.5. The van der Waals surface area contributed by atoms with Crippen LogP contribution in [0.3, 0.4) is 0 Å². The van der Waals surface area contributed by atoms with Crippen LogP contribution in [-0.2, 0) is 9.53 Å². The molecular weight excluding hydrogens is 182 g/mol. The van der Waals surface area contributed by atoms with Crippen LogP contribution < -0.4 is 5.32 Å². The Morgan fingerprint density at radius 1 is 1.57 bits per heavy atom. The maximum Gasteiger partial charge on any atom is 0.322 e. The summed E-state index contributed by atoms with van der Waals surface area (Å²) in [6.45, 7) is 1.78. The summed E-state index contributed by atoms with van der Waals surface area (Å²) < 4.78 is 4.62. The van der Waals surface area contributed by atoms with Gasteiger partial charge in [0, 0.05) is 6.04 Å². The Balaban J connectivity index is 2.32. The van der Waals surface area contributed by atoms with E-state index >= 15 is 0 Å². The molecule has 0 aromatic rings. The largest absolute Gasteiger partial charge is 0.468 e. The van der Waals surface area contributed by atoms with E-state index < -0.39 is 0 Å². The SMILES string of the molecule is COC(=O)C(C)NC1CCCC(O)C1. The highest BCUT2D eigenvalue weighted by Crippen LogP contribution is 2.18. The zero-order valence-electron chi connectivity index (χ0n) is 8.82. The van der Waals surface area contributed by atoms with E-state index in [0.29, 0.717) is 0 Å². The number of ether oxygens (including phenoxy) is 1. The van der Waals surface area contributed by atoms with Gasteiger partial charge in [-0.3, -0.25) is 4.79 Å². The third-order valence-corrected chi connectivity index (χ3v) is 2.69. The van der Waals surface area contributed by atoms with E-state index in [9.17, 15) is 9.90 Å². The van der Waals surface area contributed by atoms with E-state index in [4.69, 9.17) is 0 Å². The minimum absolute atomic E-state index is 0.217. The van der Waals surface area contributed by atoms with Gasteiger partial charge in [-0.2, -0.15) is 0 Å². The molecule has 0 spiro atoms. The van der Waals surface area contributed by atoms with Gasteiger partial charge >= 0.3 is 5.97 Å². The maximum absolute atomic E-state index is 11.1. The molecule has 1 aliphatic carbocycles. The van der Waals surface area contributed by atoms with Crippen molar-refractivity contribution in [2.45, 2.75) is 50.8 Å². The van der Waals surface area contributed by atoms with Crippen LogP contribution in [0.25, 0.3) is 0 Å². The smallest absolute Gasteiger partial charge is 0.322 e. The highest BCUT2D eigenvalue weighted by molar-refractivity contribution is 5.75. The van der Waals surface area contributed by atoms with Gasteiger partial charge in [-0.05, 0) is 32.6 Å². The minimum Gasteiger partial charge on any atom is -0.468 e. The van der Waals surface area contributed by atoms with Gasteiger partial charge < -0.3 is 15.2 Å². The molecule has 1 rings (SSSR count). The van der Waals surface area contributed by atoms with Gasteiger partial charge in [0.2, 0.25) is 0 Å². The van der Waals surface area contributed by atoms with Crippen molar-refractivity contribution in [1.82, 2.24) is 5.32 Å². The van der Waals surface area contributed by atoms with Crippen molar-refractivity contribution in [1.29, 1.82) is 0 Å². The van der Waals surface area contributed by atoms with Crippen molar-refractivity contribution in [3.05, 3.63) is 0 Å². The summed E-state index contributed by atoms with van der Waals surface area (Å²) in [7, 11) is 1.39. The molecule has 0 aliphatic heterocycles. The number of carbonyl (C=O) groups is 1. The Morgan fingerprint density at radius 2 is 2.29 bits per heavy atom. The van der Waals surface area contributed by atoms with Gasteiger partial charge in [-0.25, -0.2) is 0 Å².